The molecule has 0 heterocycles. The molecule has 0 aromatic carbocycles. The first kappa shape index (κ1) is 8.02. The van der Waals surface area contributed by atoms with Crippen molar-refractivity contribution in [3.05, 3.63) is 0 Å². The third kappa shape index (κ3) is 4.19. The molecule has 0 aromatic rings. The highest BCUT2D eigenvalue weighted by molar-refractivity contribution is 7.39. The van der Waals surface area contributed by atoms with Crippen LogP contribution in [0.3, 0.4) is 0 Å². The van der Waals surface area contributed by atoms with Crippen LogP contribution in [-0.4, -0.2) is 19.3 Å². The van der Waals surface area contributed by atoms with Crippen molar-refractivity contribution in [3.8, 4) is 0 Å². The van der Waals surface area contributed by atoms with Gasteiger partial charge in [0.15, 0.2) is 6.16 Å². The number of hydrogen-bond donors (Lipinski definition) is 1. The highest BCUT2D eigenvalue weighted by Gasteiger charge is 2.12. The zero-order valence-electron chi connectivity index (χ0n) is 4.96. The molecule has 0 amide bonds. The minimum Gasteiger partial charge on any atom is -0.327 e. The van der Waals surface area contributed by atoms with Gasteiger partial charge in [-0.15, -0.1) is 4.52 Å². The smallest absolute Gasteiger partial charge is 0.327 e. The van der Waals surface area contributed by atoms with Gasteiger partial charge in [0, 0.05) is 6.54 Å². The van der Waals surface area contributed by atoms with E-state index < -0.39 is 8.03 Å². The SMILES string of the molecule is CCO[P+](=O)CCN. The van der Waals surface area contributed by atoms with Crippen molar-refractivity contribution in [1.82, 2.24) is 0 Å². The average Bonchev–Trinajstić information content (AvgIpc) is 1.68. The summed E-state index contributed by atoms with van der Waals surface area (Å²) in [5.41, 5.74) is 5.10. The minimum absolute atomic E-state index is 0.440. The van der Waals surface area contributed by atoms with Crippen molar-refractivity contribution in [1.29, 1.82) is 0 Å². The van der Waals surface area contributed by atoms with E-state index in [0.29, 0.717) is 19.3 Å². The van der Waals surface area contributed by atoms with Crippen LogP contribution in [0.25, 0.3) is 0 Å². The fourth-order valence-electron chi connectivity index (χ4n) is 0.314. The van der Waals surface area contributed by atoms with Gasteiger partial charge in [0.25, 0.3) is 0 Å². The van der Waals surface area contributed by atoms with Gasteiger partial charge in [0.05, 0.1) is 6.61 Å². The lowest BCUT2D eigenvalue weighted by molar-refractivity contribution is 0.351. The third-order valence-corrected chi connectivity index (χ3v) is 1.75. The molecule has 8 heavy (non-hydrogen) atoms. The quantitative estimate of drug-likeness (QED) is 0.579. The molecule has 2 N–H and O–H groups in total. The molecule has 1 unspecified atom stereocenters. The molecule has 0 spiro atoms. The van der Waals surface area contributed by atoms with E-state index in [2.05, 4.69) is 0 Å². The molecule has 0 aliphatic rings. The van der Waals surface area contributed by atoms with Crippen LogP contribution in [0, 0.1) is 0 Å². The molecule has 48 valence electrons. The van der Waals surface area contributed by atoms with Crippen LogP contribution >= 0.6 is 8.03 Å². The fraction of sp³-hybridized carbons (Fsp3) is 1.00. The Kier molecular flexibility index (Phi) is 5.18. The molecule has 0 fully saturated rings. The van der Waals surface area contributed by atoms with E-state index in [1.807, 2.05) is 6.92 Å². The van der Waals surface area contributed by atoms with Crippen LogP contribution in [0.1, 0.15) is 6.92 Å². The molecule has 3 nitrogen and oxygen atoms in total. The number of hydrogen-bond acceptors (Lipinski definition) is 3. The Labute approximate surface area is 50.1 Å². The van der Waals surface area contributed by atoms with Gasteiger partial charge in [0.1, 0.15) is 0 Å². The summed E-state index contributed by atoms with van der Waals surface area (Å²) in [5.74, 6) is 0. The van der Waals surface area contributed by atoms with Crippen molar-refractivity contribution in [2.75, 3.05) is 19.3 Å². The monoisotopic (exact) mass is 136 g/mol. The Hall–Kier alpha value is 0.0200. The molecular weight excluding hydrogens is 125 g/mol. The van der Waals surface area contributed by atoms with Gasteiger partial charge in [-0.2, -0.15) is 0 Å². The maximum absolute atomic E-state index is 10.5. The largest absolute Gasteiger partial charge is 0.509 e. The first-order valence-corrected chi connectivity index (χ1v) is 3.95. The normalized spacial score (nSPS) is 11.5. The molecule has 1 atom stereocenters. The summed E-state index contributed by atoms with van der Waals surface area (Å²) in [7, 11) is -1.46. The molecule has 0 aliphatic carbocycles. The lowest BCUT2D eigenvalue weighted by Gasteiger charge is -1.79. The van der Waals surface area contributed by atoms with Crippen LogP contribution in [-0.2, 0) is 9.09 Å². The second-order valence-corrected chi connectivity index (χ2v) is 2.63. The first-order valence-electron chi connectivity index (χ1n) is 2.59. The van der Waals surface area contributed by atoms with Crippen LogP contribution in [0.5, 0.6) is 0 Å². The van der Waals surface area contributed by atoms with Crippen LogP contribution in [0.4, 0.5) is 0 Å². The Balaban J connectivity index is 3.06. The van der Waals surface area contributed by atoms with E-state index in [0.717, 1.165) is 0 Å². The summed E-state index contributed by atoms with van der Waals surface area (Å²) in [6, 6.07) is 0. The standard InChI is InChI=1S/C4H11NO2P/c1-2-7-8(6)4-3-5/h2-5H2,1H3/q+1. The van der Waals surface area contributed by atoms with Gasteiger partial charge >= 0.3 is 8.03 Å². The topological polar surface area (TPSA) is 52.3 Å². The average molecular weight is 136 g/mol. The van der Waals surface area contributed by atoms with Crippen molar-refractivity contribution >= 4 is 8.03 Å². The van der Waals surface area contributed by atoms with Gasteiger partial charge in [-0.1, -0.05) is 0 Å². The lowest BCUT2D eigenvalue weighted by Crippen LogP contribution is -2.01. The summed E-state index contributed by atoms with van der Waals surface area (Å²) in [4.78, 5) is 0. The van der Waals surface area contributed by atoms with Crippen LogP contribution in [0.15, 0.2) is 0 Å². The highest BCUT2D eigenvalue weighted by atomic mass is 31.1. The predicted molar refractivity (Wildman–Crippen MR) is 33.2 cm³/mol. The summed E-state index contributed by atoms with van der Waals surface area (Å²) in [6.07, 6.45) is 0.475. The minimum atomic E-state index is -1.46. The second kappa shape index (κ2) is 5.16. The second-order valence-electron chi connectivity index (χ2n) is 1.26. The van der Waals surface area contributed by atoms with Crippen molar-refractivity contribution < 1.29 is 9.09 Å². The number of rotatable bonds is 4. The van der Waals surface area contributed by atoms with Crippen molar-refractivity contribution in [2.24, 2.45) is 5.73 Å². The van der Waals surface area contributed by atoms with E-state index in [4.69, 9.17) is 10.3 Å². The fourth-order valence-corrected chi connectivity index (χ4v) is 0.942. The van der Waals surface area contributed by atoms with Gasteiger partial charge in [-0.3, -0.25) is 0 Å². The van der Waals surface area contributed by atoms with Gasteiger partial charge < -0.3 is 5.73 Å². The maximum atomic E-state index is 10.5. The highest BCUT2D eigenvalue weighted by Crippen LogP contribution is 2.19. The maximum Gasteiger partial charge on any atom is 0.509 e. The summed E-state index contributed by atoms with van der Waals surface area (Å²) in [5, 5.41) is 0. The zero-order chi connectivity index (χ0) is 6.41. The molecule has 0 saturated carbocycles. The first-order chi connectivity index (χ1) is 3.81. The molecule has 0 aliphatic heterocycles. The van der Waals surface area contributed by atoms with Gasteiger partial charge in [-0.05, 0) is 11.5 Å². The molecule has 0 bridgehead atoms. The molecule has 0 radical (unpaired) electrons. The van der Waals surface area contributed by atoms with E-state index in [1.54, 1.807) is 0 Å². The zero-order valence-corrected chi connectivity index (χ0v) is 5.86. The van der Waals surface area contributed by atoms with Crippen molar-refractivity contribution in [3.63, 3.8) is 0 Å². The van der Waals surface area contributed by atoms with E-state index in [-0.39, 0.29) is 0 Å². The summed E-state index contributed by atoms with van der Waals surface area (Å²) in [6.45, 7) is 2.76. The molecule has 0 saturated heterocycles. The van der Waals surface area contributed by atoms with E-state index in [1.165, 1.54) is 0 Å². The van der Waals surface area contributed by atoms with Crippen LogP contribution < -0.4 is 5.73 Å². The third-order valence-electron chi connectivity index (χ3n) is 0.585. The van der Waals surface area contributed by atoms with Crippen LogP contribution in [0.2, 0.25) is 0 Å². The Morgan fingerprint density at radius 3 is 2.75 bits per heavy atom. The van der Waals surface area contributed by atoms with E-state index >= 15 is 0 Å². The van der Waals surface area contributed by atoms with Gasteiger partial charge in [-0.25, -0.2) is 0 Å². The summed E-state index contributed by atoms with van der Waals surface area (Å²) < 4.78 is 15.2. The Morgan fingerprint density at radius 2 is 2.38 bits per heavy atom. The molecule has 0 rings (SSSR count). The molecule has 0 aromatic heterocycles. The summed E-state index contributed by atoms with van der Waals surface area (Å²) >= 11 is 0. The van der Waals surface area contributed by atoms with Gasteiger partial charge in [0.2, 0.25) is 0 Å². The van der Waals surface area contributed by atoms with Crippen molar-refractivity contribution in [2.45, 2.75) is 6.92 Å². The lowest BCUT2D eigenvalue weighted by atomic mass is 10.8. The Bertz CT molecular complexity index is 68.4. The predicted octanol–water partition coefficient (Wildman–Crippen LogP) is 0.724. The molecule has 4 heteroatoms. The molecular formula is C4H11NO2P+. The number of nitrogens with two attached hydrogens (primary N) is 1. The Morgan fingerprint density at radius 1 is 1.75 bits per heavy atom. The van der Waals surface area contributed by atoms with E-state index in [9.17, 15) is 4.57 Å².